The van der Waals surface area contributed by atoms with Gasteiger partial charge in [0.15, 0.2) is 0 Å². The average molecular weight is 284 g/mol. The quantitative estimate of drug-likeness (QED) is 0.461. The third-order valence-corrected chi connectivity index (χ3v) is 3.05. The lowest BCUT2D eigenvalue weighted by molar-refractivity contribution is 0.511. The molecule has 2 aromatic rings. The molecule has 2 aromatic carbocycles. The van der Waals surface area contributed by atoms with Gasteiger partial charge in [0.05, 0.1) is 6.04 Å². The van der Waals surface area contributed by atoms with E-state index in [0.29, 0.717) is 16.3 Å². The summed E-state index contributed by atoms with van der Waals surface area (Å²) in [5.41, 5.74) is 8.76. The molecule has 0 aliphatic heterocycles. The largest absolute Gasteiger partial charge is 0.398 e. The lowest BCUT2D eigenvalue weighted by Crippen LogP contribution is -2.31. The van der Waals surface area contributed by atoms with Gasteiger partial charge in [-0.15, -0.1) is 0 Å². The number of hydrazine groups is 1. The summed E-state index contributed by atoms with van der Waals surface area (Å²) < 4.78 is 27.6. The maximum absolute atomic E-state index is 13.8. The van der Waals surface area contributed by atoms with Crippen LogP contribution in [0.1, 0.15) is 17.2 Å². The predicted molar refractivity (Wildman–Crippen MR) is 71.4 cm³/mol. The zero-order valence-electron chi connectivity index (χ0n) is 9.83. The number of benzene rings is 2. The van der Waals surface area contributed by atoms with Crippen LogP contribution in [0, 0.1) is 11.6 Å². The van der Waals surface area contributed by atoms with Crippen LogP contribution in [0.3, 0.4) is 0 Å². The summed E-state index contributed by atoms with van der Waals surface area (Å²) in [5, 5.41) is 0.436. The van der Waals surface area contributed by atoms with Crippen LogP contribution in [0.15, 0.2) is 36.4 Å². The fourth-order valence-electron chi connectivity index (χ4n) is 1.92. The summed E-state index contributed by atoms with van der Waals surface area (Å²) in [6, 6.07) is 7.37. The summed E-state index contributed by atoms with van der Waals surface area (Å²) in [7, 11) is 0. The second kappa shape index (κ2) is 5.52. The first-order valence-corrected chi connectivity index (χ1v) is 5.87. The Kier molecular flexibility index (Phi) is 3.99. The molecule has 0 radical (unpaired) electrons. The van der Waals surface area contributed by atoms with Gasteiger partial charge >= 0.3 is 0 Å². The van der Waals surface area contributed by atoms with Crippen molar-refractivity contribution in [3.63, 3.8) is 0 Å². The number of nitrogens with one attached hydrogen (secondary N) is 1. The summed E-state index contributed by atoms with van der Waals surface area (Å²) >= 11 is 5.79. The molecule has 5 N–H and O–H groups in total. The second-order valence-corrected chi connectivity index (χ2v) is 4.44. The zero-order valence-corrected chi connectivity index (χ0v) is 10.6. The van der Waals surface area contributed by atoms with Gasteiger partial charge in [-0.2, -0.15) is 0 Å². The van der Waals surface area contributed by atoms with Crippen LogP contribution in [0.2, 0.25) is 5.02 Å². The maximum atomic E-state index is 13.8. The molecular formula is C13H12ClF2N3. The van der Waals surface area contributed by atoms with Crippen LogP contribution >= 0.6 is 11.6 Å². The van der Waals surface area contributed by atoms with Gasteiger partial charge in [0.2, 0.25) is 0 Å². The third-order valence-electron chi connectivity index (χ3n) is 2.81. The number of hydrogen-bond acceptors (Lipinski definition) is 3. The van der Waals surface area contributed by atoms with Gasteiger partial charge in [-0.05, 0) is 29.8 Å². The number of nitrogen functional groups attached to an aromatic ring is 1. The molecule has 2 rings (SSSR count). The number of nitrogens with two attached hydrogens (primary N) is 2. The van der Waals surface area contributed by atoms with E-state index in [1.54, 1.807) is 12.1 Å². The summed E-state index contributed by atoms with van der Waals surface area (Å²) in [5.74, 6) is 4.02. The van der Waals surface area contributed by atoms with Crippen molar-refractivity contribution in [2.24, 2.45) is 5.84 Å². The molecule has 100 valence electrons. The Bertz CT molecular complexity index is 584. The molecule has 0 aliphatic carbocycles. The van der Waals surface area contributed by atoms with Gasteiger partial charge in [0, 0.05) is 16.3 Å². The van der Waals surface area contributed by atoms with E-state index in [-0.39, 0.29) is 5.56 Å². The SMILES string of the molecule is NNC(c1ccc(Cl)cc1N)c1c(F)cccc1F. The molecule has 0 heterocycles. The van der Waals surface area contributed by atoms with E-state index in [1.165, 1.54) is 12.1 Å². The van der Waals surface area contributed by atoms with E-state index < -0.39 is 17.7 Å². The molecule has 0 aliphatic rings. The zero-order chi connectivity index (χ0) is 14.0. The first-order chi connectivity index (χ1) is 9.04. The minimum absolute atomic E-state index is 0.181. The Morgan fingerprint density at radius 3 is 2.26 bits per heavy atom. The van der Waals surface area contributed by atoms with E-state index in [0.717, 1.165) is 12.1 Å². The molecule has 3 nitrogen and oxygen atoms in total. The summed E-state index contributed by atoms with van der Waals surface area (Å²) in [6.07, 6.45) is 0. The van der Waals surface area contributed by atoms with Crippen molar-refractivity contribution in [2.45, 2.75) is 6.04 Å². The topological polar surface area (TPSA) is 64.1 Å². The Morgan fingerprint density at radius 1 is 1.11 bits per heavy atom. The normalized spacial score (nSPS) is 12.4. The molecule has 1 atom stereocenters. The van der Waals surface area contributed by atoms with Crippen LogP contribution in [0.25, 0.3) is 0 Å². The third kappa shape index (κ3) is 2.68. The molecule has 0 fully saturated rings. The van der Waals surface area contributed by atoms with Gasteiger partial charge in [-0.3, -0.25) is 5.84 Å². The first kappa shape index (κ1) is 13.7. The Hall–Kier alpha value is -1.69. The van der Waals surface area contributed by atoms with Crippen LogP contribution < -0.4 is 17.0 Å². The van der Waals surface area contributed by atoms with Gasteiger partial charge < -0.3 is 5.73 Å². The van der Waals surface area contributed by atoms with E-state index in [1.807, 2.05) is 0 Å². The molecule has 6 heteroatoms. The van der Waals surface area contributed by atoms with Crippen molar-refractivity contribution in [1.29, 1.82) is 0 Å². The lowest BCUT2D eigenvalue weighted by atomic mass is 9.97. The molecule has 0 aromatic heterocycles. The van der Waals surface area contributed by atoms with E-state index in [9.17, 15) is 8.78 Å². The van der Waals surface area contributed by atoms with Crippen molar-refractivity contribution < 1.29 is 8.78 Å². The average Bonchev–Trinajstić information content (AvgIpc) is 2.35. The fourth-order valence-corrected chi connectivity index (χ4v) is 2.10. The highest BCUT2D eigenvalue weighted by atomic mass is 35.5. The van der Waals surface area contributed by atoms with Crippen LogP contribution in [-0.4, -0.2) is 0 Å². The van der Waals surface area contributed by atoms with Gasteiger partial charge in [0.1, 0.15) is 11.6 Å². The molecule has 1 unspecified atom stereocenters. The first-order valence-electron chi connectivity index (χ1n) is 5.49. The standard InChI is InChI=1S/C13H12ClF2N3/c14-7-4-5-8(11(17)6-7)13(19-18)12-9(15)2-1-3-10(12)16/h1-6,13,19H,17-18H2. The van der Waals surface area contributed by atoms with Crippen molar-refractivity contribution in [3.8, 4) is 0 Å². The van der Waals surface area contributed by atoms with E-state index in [2.05, 4.69) is 5.43 Å². The highest BCUT2D eigenvalue weighted by Gasteiger charge is 2.22. The molecule has 0 spiro atoms. The van der Waals surface area contributed by atoms with Crippen LogP contribution in [0.5, 0.6) is 0 Å². The summed E-state index contributed by atoms with van der Waals surface area (Å²) in [6.45, 7) is 0. The Labute approximate surface area is 114 Å². The summed E-state index contributed by atoms with van der Waals surface area (Å²) in [4.78, 5) is 0. The predicted octanol–water partition coefficient (Wildman–Crippen LogP) is 2.75. The van der Waals surface area contributed by atoms with Crippen molar-refractivity contribution in [3.05, 3.63) is 64.2 Å². The van der Waals surface area contributed by atoms with Crippen molar-refractivity contribution in [2.75, 3.05) is 5.73 Å². The number of anilines is 1. The number of halogens is 3. The van der Waals surface area contributed by atoms with E-state index in [4.69, 9.17) is 23.2 Å². The minimum Gasteiger partial charge on any atom is -0.398 e. The minimum atomic E-state index is -0.890. The molecule has 0 bridgehead atoms. The van der Waals surface area contributed by atoms with Gasteiger partial charge in [-0.25, -0.2) is 14.2 Å². The Balaban J connectivity index is 2.56. The maximum Gasteiger partial charge on any atom is 0.131 e. The molecule has 0 saturated carbocycles. The van der Waals surface area contributed by atoms with Gasteiger partial charge in [0.25, 0.3) is 0 Å². The Morgan fingerprint density at radius 2 is 1.74 bits per heavy atom. The van der Waals surface area contributed by atoms with Gasteiger partial charge in [-0.1, -0.05) is 23.7 Å². The smallest absolute Gasteiger partial charge is 0.131 e. The number of hydrogen-bond donors (Lipinski definition) is 3. The molecular weight excluding hydrogens is 272 g/mol. The van der Waals surface area contributed by atoms with E-state index >= 15 is 0 Å². The lowest BCUT2D eigenvalue weighted by Gasteiger charge is -2.20. The van der Waals surface area contributed by atoms with Crippen molar-refractivity contribution in [1.82, 2.24) is 5.43 Å². The molecule has 0 amide bonds. The second-order valence-electron chi connectivity index (χ2n) is 4.01. The highest BCUT2D eigenvalue weighted by Crippen LogP contribution is 2.31. The molecule has 0 saturated heterocycles. The fraction of sp³-hybridized carbons (Fsp3) is 0.0769. The van der Waals surface area contributed by atoms with Crippen LogP contribution in [0.4, 0.5) is 14.5 Å². The van der Waals surface area contributed by atoms with Crippen molar-refractivity contribution >= 4 is 17.3 Å². The highest BCUT2D eigenvalue weighted by molar-refractivity contribution is 6.30. The van der Waals surface area contributed by atoms with Crippen LogP contribution in [-0.2, 0) is 0 Å². The number of rotatable bonds is 3. The molecule has 19 heavy (non-hydrogen) atoms. The monoisotopic (exact) mass is 283 g/mol.